The number of rotatable bonds is 5. The summed E-state index contributed by atoms with van der Waals surface area (Å²) < 4.78 is 0. The molecular weight excluding hydrogens is 284 g/mol. The van der Waals surface area contributed by atoms with E-state index in [4.69, 9.17) is 11.6 Å². The first-order chi connectivity index (χ1) is 9.97. The summed E-state index contributed by atoms with van der Waals surface area (Å²) in [6.45, 7) is 8.88. The molecule has 0 aromatic heterocycles. The van der Waals surface area contributed by atoms with E-state index in [1.165, 1.54) is 6.42 Å². The number of nitrogens with one attached hydrogen (secondary N) is 1. The third-order valence-corrected chi connectivity index (χ3v) is 4.30. The predicted octanol–water partition coefficient (Wildman–Crippen LogP) is 3.50. The predicted molar refractivity (Wildman–Crippen MR) is 88.0 cm³/mol. The van der Waals surface area contributed by atoms with Gasteiger partial charge in [-0.25, -0.2) is 0 Å². The van der Waals surface area contributed by atoms with Gasteiger partial charge in [0.2, 0.25) is 0 Å². The lowest BCUT2D eigenvalue weighted by atomic mass is 10.1. The van der Waals surface area contributed by atoms with Crippen LogP contribution in [0.5, 0.6) is 0 Å². The van der Waals surface area contributed by atoms with Crippen molar-refractivity contribution in [2.45, 2.75) is 39.7 Å². The molecule has 1 saturated heterocycles. The van der Waals surface area contributed by atoms with Gasteiger partial charge in [-0.15, -0.1) is 0 Å². The smallest absolute Gasteiger partial charge is 0.253 e. The van der Waals surface area contributed by atoms with E-state index in [9.17, 15) is 4.79 Å². The summed E-state index contributed by atoms with van der Waals surface area (Å²) in [5, 5.41) is 4.18. The van der Waals surface area contributed by atoms with Crippen LogP contribution in [0.2, 0.25) is 5.02 Å². The van der Waals surface area contributed by atoms with Gasteiger partial charge in [0.05, 0.1) is 0 Å². The minimum Gasteiger partial charge on any atom is -0.337 e. The minimum atomic E-state index is 0.108. The molecule has 1 unspecified atom stereocenters. The lowest BCUT2D eigenvalue weighted by Gasteiger charge is -2.28. The summed E-state index contributed by atoms with van der Waals surface area (Å²) in [4.78, 5) is 14.8. The summed E-state index contributed by atoms with van der Waals surface area (Å²) in [5.74, 6) is 0.570. The largest absolute Gasteiger partial charge is 0.337 e. The van der Waals surface area contributed by atoms with Gasteiger partial charge in [-0.3, -0.25) is 4.79 Å². The fourth-order valence-corrected chi connectivity index (χ4v) is 2.94. The second-order valence-electron chi connectivity index (χ2n) is 6.36. The molecule has 1 atom stereocenters. The number of carbonyl (C=O) groups excluding carboxylic acids is 1. The molecule has 1 heterocycles. The maximum atomic E-state index is 12.8. The lowest BCUT2D eigenvalue weighted by molar-refractivity contribution is 0.0721. The quantitative estimate of drug-likeness (QED) is 0.903. The summed E-state index contributed by atoms with van der Waals surface area (Å²) in [5.41, 5.74) is 1.68. The van der Waals surface area contributed by atoms with Crippen LogP contribution < -0.4 is 5.32 Å². The molecule has 3 nitrogen and oxygen atoms in total. The van der Waals surface area contributed by atoms with Crippen LogP contribution in [-0.4, -0.2) is 36.5 Å². The van der Waals surface area contributed by atoms with Crippen molar-refractivity contribution >= 4 is 17.5 Å². The van der Waals surface area contributed by atoms with Crippen LogP contribution >= 0.6 is 11.6 Å². The highest BCUT2D eigenvalue weighted by Gasteiger charge is 2.23. The molecule has 0 aliphatic carbocycles. The van der Waals surface area contributed by atoms with Crippen LogP contribution in [0.15, 0.2) is 18.2 Å². The first kappa shape index (κ1) is 16.3. The Bertz CT molecular complexity index is 496. The lowest BCUT2D eigenvalue weighted by Crippen LogP contribution is -2.42. The highest BCUT2D eigenvalue weighted by molar-refractivity contribution is 6.31. The van der Waals surface area contributed by atoms with Crippen molar-refractivity contribution in [2.75, 3.05) is 19.6 Å². The maximum Gasteiger partial charge on any atom is 0.253 e. The molecule has 0 bridgehead atoms. The van der Waals surface area contributed by atoms with Gasteiger partial charge in [-0.1, -0.05) is 25.4 Å². The zero-order valence-electron chi connectivity index (χ0n) is 13.2. The Morgan fingerprint density at radius 1 is 1.48 bits per heavy atom. The second-order valence-corrected chi connectivity index (χ2v) is 6.77. The van der Waals surface area contributed by atoms with Crippen LogP contribution in [0.1, 0.15) is 42.6 Å². The van der Waals surface area contributed by atoms with E-state index < -0.39 is 0 Å². The topological polar surface area (TPSA) is 32.3 Å². The number of aryl methyl sites for hydroxylation is 1. The van der Waals surface area contributed by atoms with E-state index >= 15 is 0 Å². The molecule has 1 aromatic carbocycles. The molecule has 1 aliphatic rings. The summed E-state index contributed by atoms with van der Waals surface area (Å²) >= 11 is 6.05. The summed E-state index contributed by atoms with van der Waals surface area (Å²) in [6.07, 6.45) is 2.36. The van der Waals surface area contributed by atoms with Gasteiger partial charge in [0, 0.05) is 29.7 Å². The second kappa shape index (κ2) is 7.28. The molecule has 1 N–H and O–H groups in total. The Morgan fingerprint density at radius 3 is 2.81 bits per heavy atom. The standard InChI is InChI=1S/C17H25ClN2O/c1-12(2)10-20(11-15-5-4-8-19-15)17(21)14-6-7-16(18)13(3)9-14/h6-7,9,12,15,19H,4-5,8,10-11H2,1-3H3. The molecule has 2 rings (SSSR count). The number of amides is 1. The van der Waals surface area contributed by atoms with E-state index in [0.717, 1.165) is 37.2 Å². The third kappa shape index (κ3) is 4.45. The van der Waals surface area contributed by atoms with Gasteiger partial charge in [0.1, 0.15) is 0 Å². The molecule has 4 heteroatoms. The fourth-order valence-electron chi connectivity index (χ4n) is 2.82. The van der Waals surface area contributed by atoms with Crippen molar-refractivity contribution in [3.05, 3.63) is 34.3 Å². The van der Waals surface area contributed by atoms with Crippen molar-refractivity contribution in [1.29, 1.82) is 0 Å². The normalized spacial score (nSPS) is 18.2. The van der Waals surface area contributed by atoms with Gasteiger partial charge in [-0.05, 0) is 56.0 Å². The number of hydrogen-bond acceptors (Lipinski definition) is 2. The average Bonchev–Trinajstić information content (AvgIpc) is 2.93. The SMILES string of the molecule is Cc1cc(C(=O)N(CC(C)C)CC2CCCN2)ccc1Cl. The molecule has 1 amide bonds. The van der Waals surface area contributed by atoms with Crippen LogP contribution in [0.25, 0.3) is 0 Å². The number of carbonyl (C=O) groups is 1. The van der Waals surface area contributed by atoms with E-state index in [1.807, 2.05) is 30.0 Å². The van der Waals surface area contributed by atoms with Gasteiger partial charge >= 0.3 is 0 Å². The van der Waals surface area contributed by atoms with Crippen LogP contribution in [-0.2, 0) is 0 Å². The Labute approximate surface area is 132 Å². The van der Waals surface area contributed by atoms with E-state index in [0.29, 0.717) is 17.0 Å². The number of hydrogen-bond donors (Lipinski definition) is 1. The zero-order chi connectivity index (χ0) is 15.4. The molecule has 1 aliphatic heterocycles. The monoisotopic (exact) mass is 308 g/mol. The first-order valence-corrected chi connectivity index (χ1v) is 8.14. The number of nitrogens with zero attached hydrogens (tertiary/aromatic N) is 1. The summed E-state index contributed by atoms with van der Waals surface area (Å²) in [7, 11) is 0. The zero-order valence-corrected chi connectivity index (χ0v) is 13.9. The Balaban J connectivity index is 2.13. The third-order valence-electron chi connectivity index (χ3n) is 3.88. The first-order valence-electron chi connectivity index (χ1n) is 7.76. The molecular formula is C17H25ClN2O. The maximum absolute atomic E-state index is 12.8. The molecule has 0 spiro atoms. The molecule has 116 valence electrons. The highest BCUT2D eigenvalue weighted by atomic mass is 35.5. The average molecular weight is 309 g/mol. The number of benzene rings is 1. The van der Waals surface area contributed by atoms with E-state index in [1.54, 1.807) is 0 Å². The van der Waals surface area contributed by atoms with Crippen molar-refractivity contribution in [2.24, 2.45) is 5.92 Å². The van der Waals surface area contributed by atoms with Gasteiger partial charge in [-0.2, -0.15) is 0 Å². The molecule has 0 saturated carbocycles. The molecule has 21 heavy (non-hydrogen) atoms. The van der Waals surface area contributed by atoms with Crippen LogP contribution in [0, 0.1) is 12.8 Å². The Kier molecular flexibility index (Phi) is 5.65. The molecule has 1 fully saturated rings. The van der Waals surface area contributed by atoms with Crippen molar-refractivity contribution in [3.8, 4) is 0 Å². The van der Waals surface area contributed by atoms with E-state index in [2.05, 4.69) is 19.2 Å². The van der Waals surface area contributed by atoms with Crippen LogP contribution in [0.4, 0.5) is 0 Å². The van der Waals surface area contributed by atoms with Crippen molar-refractivity contribution < 1.29 is 4.79 Å². The molecule has 0 radical (unpaired) electrons. The van der Waals surface area contributed by atoms with Crippen molar-refractivity contribution in [1.82, 2.24) is 10.2 Å². The van der Waals surface area contributed by atoms with Gasteiger partial charge < -0.3 is 10.2 Å². The highest BCUT2D eigenvalue weighted by Crippen LogP contribution is 2.19. The van der Waals surface area contributed by atoms with E-state index in [-0.39, 0.29) is 5.91 Å². The Hall–Kier alpha value is -1.06. The van der Waals surface area contributed by atoms with Gasteiger partial charge in [0.15, 0.2) is 0 Å². The Morgan fingerprint density at radius 2 is 2.24 bits per heavy atom. The van der Waals surface area contributed by atoms with Crippen LogP contribution in [0.3, 0.4) is 0 Å². The minimum absolute atomic E-state index is 0.108. The van der Waals surface area contributed by atoms with Crippen molar-refractivity contribution in [3.63, 3.8) is 0 Å². The van der Waals surface area contributed by atoms with Gasteiger partial charge in [0.25, 0.3) is 5.91 Å². The fraction of sp³-hybridized carbons (Fsp3) is 0.588. The summed E-state index contributed by atoms with van der Waals surface area (Å²) in [6, 6.07) is 5.96. The number of halogens is 1. The molecule has 1 aromatic rings.